The Morgan fingerprint density at radius 2 is 1.75 bits per heavy atom. The van der Waals surface area contributed by atoms with Gasteiger partial charge in [-0.15, -0.1) is 0 Å². The SMILES string of the molecule is FC(F)(F)c1[c-]cccc1.[Cl-].[Zn+2]. The predicted molar refractivity (Wildman–Crippen MR) is 30.3 cm³/mol. The summed E-state index contributed by atoms with van der Waals surface area (Å²) in [6.45, 7) is 0. The molecule has 1 rings (SSSR count). The maximum Gasteiger partial charge on any atom is 2.00 e. The molecule has 0 atom stereocenters. The molecule has 0 heterocycles. The van der Waals surface area contributed by atoms with Gasteiger partial charge in [0.25, 0.3) is 0 Å². The normalized spacial score (nSPS) is 9.58. The van der Waals surface area contributed by atoms with E-state index in [9.17, 15) is 13.2 Å². The molecule has 0 saturated carbocycles. The number of hydrogen-bond acceptors (Lipinski definition) is 0. The summed E-state index contributed by atoms with van der Waals surface area (Å²) >= 11 is 0. The maximum atomic E-state index is 11.8. The average molecular weight is 246 g/mol. The third-order valence-corrected chi connectivity index (χ3v) is 1.01. The van der Waals surface area contributed by atoms with Crippen LogP contribution in [0, 0.1) is 6.07 Å². The number of alkyl halides is 3. The molecule has 0 radical (unpaired) electrons. The fourth-order valence-electron chi connectivity index (χ4n) is 0.570. The molecule has 0 aliphatic rings. The Kier molecular flexibility index (Phi) is 6.68. The molecular weight excluding hydrogens is 242 g/mol. The van der Waals surface area contributed by atoms with Crippen molar-refractivity contribution in [1.82, 2.24) is 0 Å². The second-order valence-corrected chi connectivity index (χ2v) is 1.77. The van der Waals surface area contributed by atoms with Crippen molar-refractivity contribution >= 4 is 0 Å². The topological polar surface area (TPSA) is 0 Å². The quantitative estimate of drug-likeness (QED) is 0.428. The monoisotopic (exact) mass is 244 g/mol. The van der Waals surface area contributed by atoms with E-state index in [0.717, 1.165) is 6.07 Å². The molecule has 1 aromatic rings. The van der Waals surface area contributed by atoms with Crippen LogP contribution in [0.3, 0.4) is 0 Å². The maximum absolute atomic E-state index is 11.8. The minimum atomic E-state index is -4.26. The van der Waals surface area contributed by atoms with Gasteiger partial charge in [0.2, 0.25) is 0 Å². The molecule has 0 N–H and O–H groups in total. The first kappa shape index (κ1) is 14.4. The van der Waals surface area contributed by atoms with Crippen LogP contribution in [0.4, 0.5) is 13.2 Å². The van der Waals surface area contributed by atoms with Gasteiger partial charge in [0.1, 0.15) is 0 Å². The zero-order valence-corrected chi connectivity index (χ0v) is 9.75. The Hall–Kier alpha value is -0.0766. The van der Waals surface area contributed by atoms with Crippen molar-refractivity contribution < 1.29 is 45.1 Å². The second-order valence-electron chi connectivity index (χ2n) is 1.77. The molecule has 0 nitrogen and oxygen atoms in total. The fraction of sp³-hybridized carbons (Fsp3) is 0.143. The summed E-state index contributed by atoms with van der Waals surface area (Å²) in [6, 6.07) is 7.14. The van der Waals surface area contributed by atoms with E-state index < -0.39 is 11.7 Å². The first-order valence-corrected chi connectivity index (χ1v) is 2.64. The summed E-state index contributed by atoms with van der Waals surface area (Å²) < 4.78 is 35.3. The van der Waals surface area contributed by atoms with Gasteiger partial charge in [-0.05, 0) is 0 Å². The molecular formula is C7H4ClF3Zn. The van der Waals surface area contributed by atoms with Gasteiger partial charge in [-0.1, -0.05) is 5.56 Å². The second kappa shape index (κ2) is 5.55. The fourth-order valence-corrected chi connectivity index (χ4v) is 0.570. The van der Waals surface area contributed by atoms with Crippen LogP contribution in [0.15, 0.2) is 24.3 Å². The Labute approximate surface area is 87.3 Å². The molecule has 62 valence electrons. The van der Waals surface area contributed by atoms with E-state index in [1.807, 2.05) is 0 Å². The van der Waals surface area contributed by atoms with Crippen LogP contribution in [-0.4, -0.2) is 0 Å². The summed E-state index contributed by atoms with van der Waals surface area (Å²) in [4.78, 5) is 0. The van der Waals surface area contributed by atoms with E-state index >= 15 is 0 Å². The minimum Gasteiger partial charge on any atom is -1.00 e. The van der Waals surface area contributed by atoms with Crippen molar-refractivity contribution in [3.8, 4) is 0 Å². The van der Waals surface area contributed by atoms with Crippen LogP contribution in [0.5, 0.6) is 0 Å². The molecule has 0 saturated heterocycles. The van der Waals surface area contributed by atoms with Gasteiger partial charge in [0, 0.05) is 0 Å². The van der Waals surface area contributed by atoms with Crippen molar-refractivity contribution in [2.75, 3.05) is 0 Å². The van der Waals surface area contributed by atoms with Crippen LogP contribution < -0.4 is 12.4 Å². The van der Waals surface area contributed by atoms with Crippen molar-refractivity contribution in [3.05, 3.63) is 35.9 Å². The summed E-state index contributed by atoms with van der Waals surface area (Å²) in [5.41, 5.74) is -0.727. The summed E-state index contributed by atoms with van der Waals surface area (Å²) in [6.07, 6.45) is -4.26. The standard InChI is InChI=1S/C7H4F3.ClH.Zn/c8-7(9,10)6-4-2-1-3-5-6;;/h1-4H;1H;/q-1;;+2/p-1. The zero-order valence-electron chi connectivity index (χ0n) is 6.03. The molecule has 12 heavy (non-hydrogen) atoms. The van der Waals surface area contributed by atoms with Gasteiger partial charge in [0.05, 0.1) is 0 Å². The first-order valence-electron chi connectivity index (χ1n) is 2.64. The van der Waals surface area contributed by atoms with E-state index in [2.05, 4.69) is 6.07 Å². The minimum absolute atomic E-state index is 0. The van der Waals surface area contributed by atoms with Crippen LogP contribution in [0.25, 0.3) is 0 Å². The van der Waals surface area contributed by atoms with Crippen molar-refractivity contribution in [2.45, 2.75) is 6.18 Å². The molecule has 0 spiro atoms. The Morgan fingerprint density at radius 3 is 2.00 bits per heavy atom. The summed E-state index contributed by atoms with van der Waals surface area (Å²) in [7, 11) is 0. The first-order chi connectivity index (χ1) is 4.61. The van der Waals surface area contributed by atoms with Crippen molar-refractivity contribution in [3.63, 3.8) is 0 Å². The third-order valence-electron chi connectivity index (χ3n) is 1.01. The van der Waals surface area contributed by atoms with Crippen molar-refractivity contribution in [1.29, 1.82) is 0 Å². The molecule has 5 heteroatoms. The average Bonchev–Trinajstić information content (AvgIpc) is 1.88. The van der Waals surface area contributed by atoms with Gasteiger partial charge in [-0.25, -0.2) is 0 Å². The predicted octanol–water partition coefficient (Wildman–Crippen LogP) is -0.493. The number of benzene rings is 1. The van der Waals surface area contributed by atoms with Crippen LogP contribution in [-0.2, 0) is 25.7 Å². The Morgan fingerprint density at radius 1 is 1.17 bits per heavy atom. The zero-order chi connectivity index (χ0) is 7.61. The van der Waals surface area contributed by atoms with E-state index in [0.29, 0.717) is 0 Å². The molecule has 0 bridgehead atoms. The van der Waals surface area contributed by atoms with Gasteiger partial charge in [-0.2, -0.15) is 43.5 Å². The Bertz CT molecular complexity index is 210. The van der Waals surface area contributed by atoms with Gasteiger partial charge in [0.15, 0.2) is 0 Å². The van der Waals surface area contributed by atoms with E-state index in [-0.39, 0.29) is 31.9 Å². The summed E-state index contributed by atoms with van der Waals surface area (Å²) in [5, 5.41) is 0. The van der Waals surface area contributed by atoms with E-state index in [1.165, 1.54) is 18.2 Å². The van der Waals surface area contributed by atoms with Gasteiger partial charge >= 0.3 is 25.7 Å². The molecule has 0 amide bonds. The van der Waals surface area contributed by atoms with E-state index in [1.54, 1.807) is 0 Å². The largest absolute Gasteiger partial charge is 2.00 e. The number of halogens is 4. The molecule has 1 aromatic carbocycles. The molecule has 0 aliphatic carbocycles. The van der Waals surface area contributed by atoms with Crippen LogP contribution in [0.1, 0.15) is 5.56 Å². The third kappa shape index (κ3) is 4.08. The van der Waals surface area contributed by atoms with Gasteiger partial charge in [-0.3, -0.25) is 0 Å². The summed E-state index contributed by atoms with van der Waals surface area (Å²) in [5.74, 6) is 0. The van der Waals surface area contributed by atoms with Crippen LogP contribution in [0.2, 0.25) is 0 Å². The number of rotatable bonds is 0. The van der Waals surface area contributed by atoms with Crippen molar-refractivity contribution in [2.24, 2.45) is 0 Å². The van der Waals surface area contributed by atoms with Gasteiger partial charge < -0.3 is 12.4 Å². The molecule has 0 fully saturated rings. The van der Waals surface area contributed by atoms with Crippen LogP contribution >= 0.6 is 0 Å². The number of hydrogen-bond donors (Lipinski definition) is 0. The Balaban J connectivity index is 0. The van der Waals surface area contributed by atoms with E-state index in [4.69, 9.17) is 0 Å². The smallest absolute Gasteiger partial charge is 1.00 e. The molecule has 0 unspecified atom stereocenters. The molecule has 0 aliphatic heterocycles. The molecule has 0 aromatic heterocycles.